The van der Waals surface area contributed by atoms with Gasteiger partial charge in [0, 0.05) is 32.7 Å². The van der Waals surface area contributed by atoms with E-state index in [4.69, 9.17) is 0 Å². The Morgan fingerprint density at radius 3 is 2.22 bits per heavy atom. The minimum absolute atomic E-state index is 0. The smallest absolute Gasteiger partial charge is 0 e. The van der Waals surface area contributed by atoms with Crippen molar-refractivity contribution in [2.75, 3.05) is 6.54 Å². The van der Waals surface area contributed by atoms with Crippen LogP contribution in [0.3, 0.4) is 0 Å². The maximum Gasteiger partial charge on any atom is 0 e. The van der Waals surface area contributed by atoms with Gasteiger partial charge in [0.1, 0.15) is 0 Å². The molecule has 0 aliphatic carbocycles. The average molecular weight is 220 g/mol. The van der Waals surface area contributed by atoms with E-state index < -0.39 is 0 Å². The third-order valence-electron chi connectivity index (χ3n) is 1.20. The Bertz CT molecular complexity index is 53.0. The van der Waals surface area contributed by atoms with Crippen LogP contribution in [0.2, 0.25) is 0 Å². The summed E-state index contributed by atoms with van der Waals surface area (Å²) in [4.78, 5) is 0. The van der Waals surface area contributed by atoms with E-state index in [2.05, 4.69) is 30.2 Å². The molecule has 1 nitrogen and oxygen atoms in total. The summed E-state index contributed by atoms with van der Waals surface area (Å²) in [6.07, 6.45) is 1.08. The first-order valence-corrected chi connectivity index (χ1v) is 3.37. The van der Waals surface area contributed by atoms with Crippen molar-refractivity contribution in [3.8, 4) is 0 Å². The van der Waals surface area contributed by atoms with Gasteiger partial charge in [0.2, 0.25) is 0 Å². The van der Waals surface area contributed by atoms with E-state index >= 15 is 0 Å². The molecule has 0 aliphatic rings. The Morgan fingerprint density at radius 1 is 1.67 bits per heavy atom. The first-order chi connectivity index (χ1) is 3.72. The molecule has 0 fully saturated rings. The van der Waals surface area contributed by atoms with Crippen molar-refractivity contribution in [2.24, 2.45) is 0 Å². The van der Waals surface area contributed by atoms with Crippen molar-refractivity contribution in [3.05, 3.63) is 13.8 Å². The molecular weight excluding hydrogens is 206 g/mol. The van der Waals surface area contributed by atoms with Crippen LogP contribution >= 0.6 is 9.39 Å². The van der Waals surface area contributed by atoms with Gasteiger partial charge in [-0.2, -0.15) is 0 Å². The minimum Gasteiger partial charge on any atom is -0.344 e. The normalized spacial score (nSPS) is 13.0. The van der Waals surface area contributed by atoms with Crippen LogP contribution in [0.25, 0.3) is 0 Å². The molecule has 9 heavy (non-hydrogen) atoms. The monoisotopic (exact) mass is 220 g/mol. The molecule has 0 aromatic carbocycles. The number of rotatable bonds is 3. The molecule has 0 heterocycles. The van der Waals surface area contributed by atoms with Crippen molar-refractivity contribution < 1.29 is 32.7 Å². The van der Waals surface area contributed by atoms with Crippen LogP contribution in [-0.2, 0) is 32.7 Å². The van der Waals surface area contributed by atoms with Gasteiger partial charge in [0.05, 0.1) is 0 Å². The first kappa shape index (κ1) is 13.1. The van der Waals surface area contributed by atoms with E-state index in [1.807, 2.05) is 4.67 Å². The molecule has 0 rings (SSSR count). The molecule has 0 spiro atoms. The SMILES string of the molecule is [CH2-]CN(P)C([CH2-])CC.[Y]. The zero-order chi connectivity index (χ0) is 6.57. The molecule has 0 N–H and O–H groups in total. The molecule has 0 bridgehead atoms. The van der Waals surface area contributed by atoms with E-state index in [1.165, 1.54) is 0 Å². The Kier molecular flexibility index (Phi) is 11.1. The van der Waals surface area contributed by atoms with Gasteiger partial charge in [0.15, 0.2) is 0 Å². The Hall–Kier alpha value is 1.49. The molecular formula is C6H14NPY-2. The van der Waals surface area contributed by atoms with E-state index in [9.17, 15) is 0 Å². The van der Waals surface area contributed by atoms with Gasteiger partial charge in [-0.15, -0.1) is 12.6 Å². The van der Waals surface area contributed by atoms with Gasteiger partial charge >= 0.3 is 0 Å². The summed E-state index contributed by atoms with van der Waals surface area (Å²) >= 11 is 0. The number of nitrogens with zero attached hydrogens (tertiary/aromatic N) is 1. The van der Waals surface area contributed by atoms with Gasteiger partial charge in [-0.05, 0) is 0 Å². The first-order valence-electron chi connectivity index (χ1n) is 2.86. The third kappa shape index (κ3) is 5.92. The summed E-state index contributed by atoms with van der Waals surface area (Å²) < 4.78 is 2.04. The number of hydrogen-bond donors (Lipinski definition) is 0. The fourth-order valence-electron chi connectivity index (χ4n) is 0.417. The molecule has 0 saturated heterocycles. The predicted molar refractivity (Wildman–Crippen MR) is 41.2 cm³/mol. The molecule has 3 heteroatoms. The Morgan fingerprint density at radius 2 is 2.11 bits per heavy atom. The van der Waals surface area contributed by atoms with Gasteiger partial charge < -0.3 is 18.5 Å². The fourth-order valence-corrected chi connectivity index (χ4v) is 0.628. The van der Waals surface area contributed by atoms with Crippen molar-refractivity contribution >= 4 is 9.39 Å². The largest absolute Gasteiger partial charge is 0.344 e. The van der Waals surface area contributed by atoms with Crippen molar-refractivity contribution in [3.63, 3.8) is 0 Å². The van der Waals surface area contributed by atoms with Crippen molar-refractivity contribution in [2.45, 2.75) is 19.4 Å². The van der Waals surface area contributed by atoms with Crippen LogP contribution < -0.4 is 0 Å². The summed E-state index contributed by atoms with van der Waals surface area (Å²) in [5.74, 6) is 0. The van der Waals surface area contributed by atoms with Gasteiger partial charge in [0.25, 0.3) is 0 Å². The van der Waals surface area contributed by atoms with Gasteiger partial charge in [-0.3, -0.25) is 0 Å². The average Bonchev–Trinajstić information content (AvgIpc) is 1.84. The van der Waals surface area contributed by atoms with Crippen LogP contribution in [0.5, 0.6) is 0 Å². The van der Waals surface area contributed by atoms with Crippen molar-refractivity contribution in [1.82, 2.24) is 4.67 Å². The van der Waals surface area contributed by atoms with Gasteiger partial charge in [-0.1, -0.05) is 22.7 Å². The summed E-state index contributed by atoms with van der Waals surface area (Å²) in [6, 6.07) is 0.400. The second-order valence-corrected chi connectivity index (χ2v) is 2.46. The molecule has 0 aliphatic heterocycles. The fraction of sp³-hybridized carbons (Fsp3) is 0.667. The molecule has 0 aromatic rings. The molecule has 0 aromatic heterocycles. The van der Waals surface area contributed by atoms with Crippen LogP contribution in [0.1, 0.15) is 13.3 Å². The Balaban J connectivity index is 0. The van der Waals surface area contributed by atoms with Crippen LogP contribution in [-0.4, -0.2) is 17.3 Å². The van der Waals surface area contributed by atoms with E-state index in [-0.39, 0.29) is 32.7 Å². The van der Waals surface area contributed by atoms with E-state index in [0.717, 1.165) is 13.0 Å². The van der Waals surface area contributed by atoms with E-state index in [0.29, 0.717) is 6.04 Å². The molecule has 0 amide bonds. The van der Waals surface area contributed by atoms with Crippen LogP contribution in [0, 0.1) is 13.8 Å². The molecule has 1 radical (unpaired) electrons. The van der Waals surface area contributed by atoms with Crippen LogP contribution in [0.15, 0.2) is 0 Å². The predicted octanol–water partition coefficient (Wildman–Crippen LogP) is 1.52. The molecule has 0 saturated carbocycles. The molecule has 2 unspecified atom stereocenters. The summed E-state index contributed by atoms with van der Waals surface area (Å²) in [7, 11) is 2.60. The number of hydrogen-bond acceptors (Lipinski definition) is 1. The Labute approximate surface area is 86.1 Å². The minimum atomic E-state index is 0. The summed E-state index contributed by atoms with van der Waals surface area (Å²) in [5.41, 5.74) is 0. The maximum absolute atomic E-state index is 3.89. The standard InChI is InChI=1S/C6H14NP.Y/c1-4-6(3)7(8)5-2;/h6H,2-5,8H2,1H3;/q-2;. The second kappa shape index (κ2) is 7.60. The summed E-state index contributed by atoms with van der Waals surface area (Å²) in [6.45, 7) is 10.5. The third-order valence-corrected chi connectivity index (χ3v) is 1.88. The second-order valence-electron chi connectivity index (χ2n) is 1.80. The quantitative estimate of drug-likeness (QED) is 0.514. The van der Waals surface area contributed by atoms with Crippen LogP contribution in [0.4, 0.5) is 0 Å². The maximum atomic E-state index is 3.89. The van der Waals surface area contributed by atoms with Gasteiger partial charge in [-0.25, -0.2) is 0 Å². The molecule has 2 atom stereocenters. The van der Waals surface area contributed by atoms with Crippen molar-refractivity contribution in [1.29, 1.82) is 0 Å². The molecule has 53 valence electrons. The topological polar surface area (TPSA) is 3.24 Å². The van der Waals surface area contributed by atoms with E-state index in [1.54, 1.807) is 0 Å². The zero-order valence-corrected chi connectivity index (χ0v) is 10.0. The summed E-state index contributed by atoms with van der Waals surface area (Å²) in [5, 5.41) is 0. The zero-order valence-electron chi connectivity index (χ0n) is 6.01.